The molecule has 0 aromatic heterocycles. The van der Waals surface area contributed by atoms with Crippen molar-refractivity contribution in [1.29, 1.82) is 0 Å². The summed E-state index contributed by atoms with van der Waals surface area (Å²) in [5.41, 5.74) is 0. The molecule has 0 radical (unpaired) electrons. The quantitative estimate of drug-likeness (QED) is 0.287. The maximum atomic E-state index is 10.2. The van der Waals surface area contributed by atoms with E-state index in [1.165, 1.54) is 0 Å². The molecule has 3 heteroatoms. The van der Waals surface area contributed by atoms with Gasteiger partial charge in [-0.3, -0.25) is 0 Å². The Morgan fingerprint density at radius 3 is 2.18 bits per heavy atom. The molecule has 0 aromatic rings. The fourth-order valence-electron chi connectivity index (χ4n) is 0.215. The SMILES string of the molecule is C=C.C=CC(=O)OC(O)C=C. The van der Waals surface area contributed by atoms with Crippen LogP contribution in [0.5, 0.6) is 0 Å². The lowest BCUT2D eigenvalue weighted by molar-refractivity contribution is -0.154. The minimum Gasteiger partial charge on any atom is -0.429 e. The molecule has 0 aliphatic rings. The van der Waals surface area contributed by atoms with Gasteiger partial charge in [-0.2, -0.15) is 0 Å². The Hall–Kier alpha value is -1.35. The van der Waals surface area contributed by atoms with E-state index in [4.69, 9.17) is 5.11 Å². The average Bonchev–Trinajstić information content (AvgIpc) is 2.07. The van der Waals surface area contributed by atoms with Crippen molar-refractivity contribution in [2.45, 2.75) is 6.29 Å². The number of aliphatic hydroxyl groups excluding tert-OH is 1. The van der Waals surface area contributed by atoms with Crippen molar-refractivity contribution in [2.75, 3.05) is 0 Å². The summed E-state index contributed by atoms with van der Waals surface area (Å²) in [5.74, 6) is -0.664. The molecule has 0 aliphatic carbocycles. The third-order valence-electron chi connectivity index (χ3n) is 0.605. The van der Waals surface area contributed by atoms with Crippen LogP contribution in [0.1, 0.15) is 0 Å². The minimum absolute atomic E-state index is 0.664. The number of ether oxygens (including phenoxy) is 1. The van der Waals surface area contributed by atoms with Gasteiger partial charge in [-0.05, 0) is 6.08 Å². The lowest BCUT2D eigenvalue weighted by Crippen LogP contribution is -2.12. The topological polar surface area (TPSA) is 46.5 Å². The zero-order valence-corrected chi connectivity index (χ0v) is 6.32. The molecule has 0 bridgehead atoms. The molecule has 11 heavy (non-hydrogen) atoms. The van der Waals surface area contributed by atoms with E-state index in [-0.39, 0.29) is 0 Å². The lowest BCUT2D eigenvalue weighted by atomic mass is 10.6. The van der Waals surface area contributed by atoms with Crippen molar-refractivity contribution in [3.63, 3.8) is 0 Å². The predicted molar refractivity (Wildman–Crippen MR) is 43.7 cm³/mol. The van der Waals surface area contributed by atoms with Crippen molar-refractivity contribution >= 4 is 5.97 Å². The first-order chi connectivity index (χ1) is 5.20. The van der Waals surface area contributed by atoms with Gasteiger partial charge in [-0.15, -0.1) is 13.2 Å². The maximum Gasteiger partial charge on any atom is 0.332 e. The minimum atomic E-state index is -1.23. The van der Waals surface area contributed by atoms with E-state index in [9.17, 15) is 4.79 Å². The molecule has 1 N–H and O–H groups in total. The first-order valence-electron chi connectivity index (χ1n) is 2.84. The van der Waals surface area contributed by atoms with Crippen LogP contribution >= 0.6 is 0 Å². The molecule has 0 saturated heterocycles. The lowest BCUT2D eigenvalue weighted by Gasteiger charge is -2.02. The normalized spacial score (nSPS) is 9.91. The highest BCUT2D eigenvalue weighted by atomic mass is 16.6. The molecule has 0 spiro atoms. The summed E-state index contributed by atoms with van der Waals surface area (Å²) in [7, 11) is 0. The van der Waals surface area contributed by atoms with Crippen molar-refractivity contribution < 1.29 is 14.6 Å². The molecule has 1 unspecified atom stereocenters. The zero-order valence-electron chi connectivity index (χ0n) is 6.32. The Morgan fingerprint density at radius 1 is 1.45 bits per heavy atom. The molecule has 0 fully saturated rings. The van der Waals surface area contributed by atoms with Crippen molar-refractivity contribution in [3.05, 3.63) is 38.5 Å². The van der Waals surface area contributed by atoms with Gasteiger partial charge in [0.05, 0.1) is 0 Å². The van der Waals surface area contributed by atoms with Crippen LogP contribution in [0, 0.1) is 0 Å². The van der Waals surface area contributed by atoms with Crippen LogP contribution in [-0.4, -0.2) is 17.4 Å². The van der Waals surface area contributed by atoms with Crippen LogP contribution in [-0.2, 0) is 9.53 Å². The van der Waals surface area contributed by atoms with Crippen LogP contribution in [0.2, 0.25) is 0 Å². The monoisotopic (exact) mass is 156 g/mol. The molecule has 3 nitrogen and oxygen atoms in total. The molecule has 0 heterocycles. The fraction of sp³-hybridized carbons (Fsp3) is 0.125. The largest absolute Gasteiger partial charge is 0.429 e. The summed E-state index contributed by atoms with van der Waals surface area (Å²) in [6.45, 7) is 12.3. The van der Waals surface area contributed by atoms with Gasteiger partial charge < -0.3 is 9.84 Å². The molecule has 1 atom stereocenters. The summed E-state index contributed by atoms with van der Waals surface area (Å²) in [4.78, 5) is 10.2. The number of hydrogen-bond acceptors (Lipinski definition) is 3. The summed E-state index contributed by atoms with van der Waals surface area (Å²) >= 11 is 0. The molecule has 0 rings (SSSR count). The van der Waals surface area contributed by atoms with Gasteiger partial charge >= 0.3 is 5.97 Å². The number of aliphatic hydroxyl groups is 1. The Bertz CT molecular complexity index is 140. The van der Waals surface area contributed by atoms with E-state index in [2.05, 4.69) is 31.1 Å². The number of carbonyl (C=O) groups is 1. The van der Waals surface area contributed by atoms with E-state index in [0.29, 0.717) is 0 Å². The van der Waals surface area contributed by atoms with Crippen molar-refractivity contribution in [3.8, 4) is 0 Å². The number of hydrogen-bond donors (Lipinski definition) is 1. The van der Waals surface area contributed by atoms with Crippen LogP contribution in [0.4, 0.5) is 0 Å². The fourth-order valence-corrected chi connectivity index (χ4v) is 0.215. The van der Waals surface area contributed by atoms with Gasteiger partial charge in [0.15, 0.2) is 0 Å². The van der Waals surface area contributed by atoms with Crippen LogP contribution in [0.25, 0.3) is 0 Å². The molecule has 62 valence electrons. The third-order valence-corrected chi connectivity index (χ3v) is 0.605. The molecule has 0 saturated carbocycles. The molecule has 0 amide bonds. The second-order valence-corrected chi connectivity index (χ2v) is 1.27. The van der Waals surface area contributed by atoms with Crippen molar-refractivity contribution in [2.24, 2.45) is 0 Å². The highest BCUT2D eigenvalue weighted by Gasteiger charge is 2.00. The van der Waals surface area contributed by atoms with E-state index in [1.807, 2.05) is 0 Å². The summed E-state index contributed by atoms with van der Waals surface area (Å²) in [5, 5.41) is 8.55. The predicted octanol–water partition coefficient (Wildman–Crippen LogP) is 1.02. The Balaban J connectivity index is 0. The maximum absolute atomic E-state index is 10.2. The highest BCUT2D eigenvalue weighted by molar-refractivity contribution is 5.81. The van der Waals surface area contributed by atoms with Gasteiger partial charge in [0.25, 0.3) is 0 Å². The van der Waals surface area contributed by atoms with Crippen LogP contribution in [0.3, 0.4) is 0 Å². The summed E-state index contributed by atoms with van der Waals surface area (Å²) in [6.07, 6.45) is 0.837. The summed E-state index contributed by atoms with van der Waals surface area (Å²) < 4.78 is 4.23. The van der Waals surface area contributed by atoms with E-state index in [1.54, 1.807) is 0 Å². The van der Waals surface area contributed by atoms with Gasteiger partial charge in [-0.25, -0.2) is 4.79 Å². The Morgan fingerprint density at radius 2 is 1.91 bits per heavy atom. The Kier molecular flexibility index (Phi) is 9.70. The van der Waals surface area contributed by atoms with E-state index < -0.39 is 12.3 Å². The summed E-state index contributed by atoms with van der Waals surface area (Å²) in [6, 6.07) is 0. The zero-order chi connectivity index (χ0) is 9.28. The van der Waals surface area contributed by atoms with Crippen LogP contribution in [0.15, 0.2) is 38.5 Å². The average molecular weight is 156 g/mol. The first-order valence-corrected chi connectivity index (χ1v) is 2.84. The molecular formula is C8H12O3. The second-order valence-electron chi connectivity index (χ2n) is 1.27. The second kappa shape index (κ2) is 8.65. The van der Waals surface area contributed by atoms with Crippen molar-refractivity contribution in [1.82, 2.24) is 0 Å². The van der Waals surface area contributed by atoms with Gasteiger partial charge in [-0.1, -0.05) is 13.2 Å². The molecular weight excluding hydrogens is 144 g/mol. The van der Waals surface area contributed by atoms with E-state index >= 15 is 0 Å². The van der Waals surface area contributed by atoms with Gasteiger partial charge in [0.2, 0.25) is 6.29 Å². The number of carbonyl (C=O) groups excluding carboxylic acids is 1. The Labute approximate surface area is 66.3 Å². The molecule has 0 aliphatic heterocycles. The molecule has 0 aromatic carbocycles. The van der Waals surface area contributed by atoms with Crippen LogP contribution < -0.4 is 0 Å². The smallest absolute Gasteiger partial charge is 0.332 e. The third kappa shape index (κ3) is 8.65. The number of rotatable bonds is 3. The van der Waals surface area contributed by atoms with E-state index in [0.717, 1.165) is 12.2 Å². The number of esters is 1. The van der Waals surface area contributed by atoms with Gasteiger partial charge in [0, 0.05) is 6.08 Å². The standard InChI is InChI=1S/C6H8O3.C2H4/c1-3-5(7)9-6(8)4-2;1-2/h3-5,7H,1-2H2;1-2H2. The van der Waals surface area contributed by atoms with Gasteiger partial charge in [0.1, 0.15) is 0 Å². The highest BCUT2D eigenvalue weighted by Crippen LogP contribution is 1.87. The first kappa shape index (κ1) is 12.3.